The van der Waals surface area contributed by atoms with Crippen LogP contribution in [0.5, 0.6) is 5.75 Å². The molecule has 2 aromatic carbocycles. The van der Waals surface area contributed by atoms with Gasteiger partial charge in [0.25, 0.3) is 5.91 Å². The lowest BCUT2D eigenvalue weighted by atomic mass is 10.2. The number of carbonyl (C=O) groups is 1. The zero-order chi connectivity index (χ0) is 16.4. The van der Waals surface area contributed by atoms with E-state index in [0.717, 1.165) is 10.0 Å². The number of halogens is 1. The second-order valence-electron chi connectivity index (χ2n) is 4.72. The number of benzene rings is 2. The highest BCUT2D eigenvalue weighted by Crippen LogP contribution is 2.34. The number of hydrogen-bond donors (Lipinski definition) is 2. The molecule has 1 aromatic heterocycles. The smallest absolute Gasteiger partial charge is 0.274 e. The van der Waals surface area contributed by atoms with Crippen LogP contribution in [0.4, 0.5) is 0 Å². The second-order valence-corrected chi connectivity index (χ2v) is 5.63. The molecule has 0 radical (unpaired) electrons. The van der Waals surface area contributed by atoms with Crippen molar-refractivity contribution in [1.29, 1.82) is 0 Å². The van der Waals surface area contributed by atoms with Crippen LogP contribution in [-0.2, 0) is 0 Å². The van der Waals surface area contributed by atoms with Gasteiger partial charge >= 0.3 is 0 Å². The van der Waals surface area contributed by atoms with Crippen molar-refractivity contribution >= 4 is 32.9 Å². The Kier molecular flexibility index (Phi) is 4.31. The van der Waals surface area contributed by atoms with E-state index in [1.807, 2.05) is 25.1 Å². The monoisotopic (exact) mass is 376 g/mol. The van der Waals surface area contributed by atoms with E-state index >= 15 is 0 Å². The zero-order valence-corrected chi connectivity index (χ0v) is 13.8. The number of hydroxylamine groups is 1. The summed E-state index contributed by atoms with van der Waals surface area (Å²) in [5.41, 5.74) is 3.67. The average molecular weight is 377 g/mol. The number of amides is 1. The summed E-state index contributed by atoms with van der Waals surface area (Å²) >= 11 is 3.41. The van der Waals surface area contributed by atoms with Crippen LogP contribution in [0.2, 0.25) is 0 Å². The lowest BCUT2D eigenvalue weighted by Gasteiger charge is -2.07. The molecule has 3 aromatic rings. The molecule has 0 aliphatic rings. The summed E-state index contributed by atoms with van der Waals surface area (Å²) in [5, 5.41) is 8.70. The number of rotatable bonds is 4. The molecule has 0 fully saturated rings. The first-order chi connectivity index (χ1) is 11.1. The van der Waals surface area contributed by atoms with E-state index in [1.54, 1.807) is 23.7 Å². The second kappa shape index (κ2) is 6.39. The molecule has 23 heavy (non-hydrogen) atoms. The van der Waals surface area contributed by atoms with Crippen LogP contribution in [0.1, 0.15) is 17.3 Å². The molecule has 0 aliphatic carbocycles. The topological polar surface area (TPSA) is 84.6 Å². The Balaban J connectivity index is 2.09. The molecule has 118 valence electrons. The molecule has 0 bridgehead atoms. The number of carbonyl (C=O) groups excluding carboxylic acids is 1. The molecule has 3 rings (SSSR count). The molecule has 0 saturated heterocycles. The summed E-state index contributed by atoms with van der Waals surface area (Å²) in [6.45, 7) is 2.42. The molecular formula is C16H13BrN2O4. The Labute approximate surface area is 140 Å². The number of fused-ring (bicyclic) bond motifs is 1. The van der Waals surface area contributed by atoms with E-state index in [9.17, 15) is 4.79 Å². The average Bonchev–Trinajstić information content (AvgIpc) is 2.97. The van der Waals surface area contributed by atoms with E-state index in [0.29, 0.717) is 34.9 Å². The largest absolute Gasteiger partial charge is 0.493 e. The van der Waals surface area contributed by atoms with Crippen LogP contribution in [-0.4, -0.2) is 22.7 Å². The fourth-order valence-corrected chi connectivity index (χ4v) is 2.54. The van der Waals surface area contributed by atoms with Crippen molar-refractivity contribution in [2.75, 3.05) is 6.61 Å². The van der Waals surface area contributed by atoms with Gasteiger partial charge in [-0.2, -0.15) is 0 Å². The third kappa shape index (κ3) is 3.06. The van der Waals surface area contributed by atoms with Gasteiger partial charge in [0.05, 0.1) is 12.2 Å². The quantitative estimate of drug-likeness (QED) is 0.534. The first kappa shape index (κ1) is 15.5. The number of ether oxygens (including phenoxy) is 1. The summed E-state index contributed by atoms with van der Waals surface area (Å²) in [5.74, 6) is 0.453. The Morgan fingerprint density at radius 3 is 2.91 bits per heavy atom. The van der Waals surface area contributed by atoms with E-state index in [2.05, 4.69) is 20.9 Å². The van der Waals surface area contributed by atoms with Crippen molar-refractivity contribution in [2.24, 2.45) is 0 Å². The van der Waals surface area contributed by atoms with Crippen LogP contribution in [0.15, 0.2) is 45.3 Å². The third-order valence-corrected chi connectivity index (χ3v) is 3.72. The maximum absolute atomic E-state index is 11.5. The first-order valence-corrected chi connectivity index (χ1v) is 7.69. The zero-order valence-electron chi connectivity index (χ0n) is 12.2. The maximum atomic E-state index is 11.5. The van der Waals surface area contributed by atoms with Gasteiger partial charge in [-0.15, -0.1) is 0 Å². The van der Waals surface area contributed by atoms with Gasteiger partial charge in [0, 0.05) is 10.0 Å². The predicted molar refractivity (Wildman–Crippen MR) is 87.6 cm³/mol. The number of nitrogens with zero attached hydrogens (tertiary/aromatic N) is 1. The molecule has 1 amide bonds. The lowest BCUT2D eigenvalue weighted by molar-refractivity contribution is 0.0706. The summed E-state index contributed by atoms with van der Waals surface area (Å²) in [6, 6.07) is 10.3. The molecule has 1 heterocycles. The maximum Gasteiger partial charge on any atom is 0.274 e. The van der Waals surface area contributed by atoms with Crippen molar-refractivity contribution in [3.63, 3.8) is 0 Å². The highest BCUT2D eigenvalue weighted by molar-refractivity contribution is 9.10. The molecule has 0 spiro atoms. The van der Waals surface area contributed by atoms with Crippen molar-refractivity contribution in [2.45, 2.75) is 6.92 Å². The van der Waals surface area contributed by atoms with Gasteiger partial charge in [0.2, 0.25) is 5.89 Å². The summed E-state index contributed by atoms with van der Waals surface area (Å²) in [7, 11) is 0. The lowest BCUT2D eigenvalue weighted by Crippen LogP contribution is -2.18. The van der Waals surface area contributed by atoms with E-state index in [1.165, 1.54) is 0 Å². The summed E-state index contributed by atoms with van der Waals surface area (Å²) in [4.78, 5) is 15.9. The van der Waals surface area contributed by atoms with Crippen LogP contribution in [0.25, 0.3) is 22.6 Å². The molecule has 2 N–H and O–H groups in total. The van der Waals surface area contributed by atoms with Gasteiger partial charge in [0.15, 0.2) is 5.58 Å². The third-order valence-electron chi connectivity index (χ3n) is 3.23. The number of nitrogens with one attached hydrogen (secondary N) is 1. The number of oxazole rings is 1. The SMILES string of the molecule is CCOc1cc(Br)ccc1-c1nc2cc(C(=O)NO)ccc2o1. The van der Waals surface area contributed by atoms with Crippen molar-refractivity contribution in [3.8, 4) is 17.2 Å². The Bertz CT molecular complexity index is 876. The van der Waals surface area contributed by atoms with Crippen LogP contribution < -0.4 is 10.2 Å². The van der Waals surface area contributed by atoms with E-state index < -0.39 is 5.91 Å². The van der Waals surface area contributed by atoms with Gasteiger partial charge < -0.3 is 9.15 Å². The summed E-state index contributed by atoms with van der Waals surface area (Å²) < 4.78 is 12.3. The fraction of sp³-hybridized carbons (Fsp3) is 0.125. The molecule has 6 nitrogen and oxygen atoms in total. The van der Waals surface area contributed by atoms with Gasteiger partial charge in [0.1, 0.15) is 11.3 Å². The number of hydrogen-bond acceptors (Lipinski definition) is 5. The van der Waals surface area contributed by atoms with Crippen molar-refractivity contribution < 1.29 is 19.2 Å². The van der Waals surface area contributed by atoms with Crippen molar-refractivity contribution in [1.82, 2.24) is 10.5 Å². The minimum atomic E-state index is -0.602. The first-order valence-electron chi connectivity index (χ1n) is 6.90. The minimum absolute atomic E-state index is 0.292. The predicted octanol–water partition coefficient (Wildman–Crippen LogP) is 3.78. The Hall–Kier alpha value is -2.38. The Morgan fingerprint density at radius 1 is 1.35 bits per heavy atom. The molecule has 0 aliphatic heterocycles. The summed E-state index contributed by atoms with van der Waals surface area (Å²) in [6.07, 6.45) is 0. The van der Waals surface area contributed by atoms with Gasteiger partial charge in [-0.3, -0.25) is 10.0 Å². The molecule has 0 unspecified atom stereocenters. The molecule has 0 atom stereocenters. The Morgan fingerprint density at radius 2 is 2.17 bits per heavy atom. The molecule has 7 heteroatoms. The highest BCUT2D eigenvalue weighted by Gasteiger charge is 2.15. The molecular weight excluding hydrogens is 364 g/mol. The highest BCUT2D eigenvalue weighted by atomic mass is 79.9. The van der Waals surface area contributed by atoms with Gasteiger partial charge in [-0.05, 0) is 43.3 Å². The van der Waals surface area contributed by atoms with E-state index in [-0.39, 0.29) is 0 Å². The van der Waals surface area contributed by atoms with Gasteiger partial charge in [-0.25, -0.2) is 10.5 Å². The van der Waals surface area contributed by atoms with E-state index in [4.69, 9.17) is 14.4 Å². The fourth-order valence-electron chi connectivity index (χ4n) is 2.20. The van der Waals surface area contributed by atoms with Crippen LogP contribution in [0.3, 0.4) is 0 Å². The normalized spacial score (nSPS) is 10.7. The number of aromatic nitrogens is 1. The minimum Gasteiger partial charge on any atom is -0.493 e. The van der Waals surface area contributed by atoms with Crippen LogP contribution >= 0.6 is 15.9 Å². The van der Waals surface area contributed by atoms with Crippen LogP contribution in [0, 0.1) is 0 Å². The standard InChI is InChI=1S/C16H13BrN2O4/c1-2-22-14-8-10(17)4-5-11(14)16-18-12-7-9(15(20)19-21)3-6-13(12)23-16/h3-8,21H,2H2,1H3,(H,19,20). The molecule has 0 saturated carbocycles. The van der Waals surface area contributed by atoms with Crippen molar-refractivity contribution in [3.05, 3.63) is 46.4 Å². The van der Waals surface area contributed by atoms with Gasteiger partial charge in [-0.1, -0.05) is 15.9 Å².